The lowest BCUT2D eigenvalue weighted by atomic mass is 10.3. The molecule has 17 heavy (non-hydrogen) atoms. The number of anilines is 1. The van der Waals surface area contributed by atoms with Gasteiger partial charge in [0.25, 0.3) is 0 Å². The molecular weight excluding hydrogens is 220 g/mol. The molecule has 0 aliphatic carbocycles. The van der Waals surface area contributed by atoms with Crippen molar-refractivity contribution in [2.45, 2.75) is 6.54 Å². The van der Waals surface area contributed by atoms with Crippen molar-refractivity contribution >= 4 is 22.7 Å². The van der Waals surface area contributed by atoms with Crippen molar-refractivity contribution in [3.05, 3.63) is 24.1 Å². The van der Waals surface area contributed by atoms with Crippen LogP contribution in [-0.4, -0.2) is 29.4 Å². The summed E-state index contributed by atoms with van der Waals surface area (Å²) in [4.78, 5) is 16.7. The predicted molar refractivity (Wildman–Crippen MR) is 63.9 cm³/mol. The minimum atomic E-state index is -0.382. The molecule has 1 aromatic heterocycles. The maximum Gasteiger partial charge on any atom is 0.231 e. The Bertz CT molecular complexity index is 549. The highest BCUT2D eigenvalue weighted by Crippen LogP contribution is 2.18. The summed E-state index contributed by atoms with van der Waals surface area (Å²) in [6.45, 7) is 0.596. The van der Waals surface area contributed by atoms with Crippen molar-refractivity contribution in [2.75, 3.05) is 19.3 Å². The van der Waals surface area contributed by atoms with Crippen LogP contribution in [0.4, 0.5) is 5.69 Å². The number of aromatic nitrogens is 1. The number of nitrogens with zero attached hydrogens (tertiary/aromatic N) is 2. The fourth-order valence-corrected chi connectivity index (χ4v) is 1.61. The SMILES string of the molecule is CN(CC(N)=O)Cc1nc2cc(N)ccc2o1. The van der Waals surface area contributed by atoms with E-state index in [0.29, 0.717) is 29.2 Å². The van der Waals surface area contributed by atoms with Gasteiger partial charge in [0.05, 0.1) is 13.1 Å². The van der Waals surface area contributed by atoms with Gasteiger partial charge < -0.3 is 15.9 Å². The molecule has 4 N–H and O–H groups in total. The van der Waals surface area contributed by atoms with Crippen molar-refractivity contribution in [1.82, 2.24) is 9.88 Å². The summed E-state index contributed by atoms with van der Waals surface area (Å²) in [6, 6.07) is 5.27. The molecule has 0 fully saturated rings. The molecule has 90 valence electrons. The van der Waals surface area contributed by atoms with Gasteiger partial charge in [-0.2, -0.15) is 0 Å². The van der Waals surface area contributed by atoms with E-state index >= 15 is 0 Å². The molecule has 0 unspecified atom stereocenters. The first-order chi connectivity index (χ1) is 8.04. The van der Waals surface area contributed by atoms with Crippen LogP contribution < -0.4 is 11.5 Å². The van der Waals surface area contributed by atoms with Gasteiger partial charge in [0.2, 0.25) is 11.8 Å². The maximum atomic E-state index is 10.7. The zero-order valence-corrected chi connectivity index (χ0v) is 9.51. The second-order valence-electron chi connectivity index (χ2n) is 3.97. The quantitative estimate of drug-likeness (QED) is 0.743. The number of oxazole rings is 1. The van der Waals surface area contributed by atoms with Gasteiger partial charge in [-0.25, -0.2) is 4.98 Å². The maximum absolute atomic E-state index is 10.7. The van der Waals surface area contributed by atoms with Crippen molar-refractivity contribution in [3.8, 4) is 0 Å². The molecule has 0 bridgehead atoms. The monoisotopic (exact) mass is 234 g/mol. The zero-order valence-electron chi connectivity index (χ0n) is 9.51. The smallest absolute Gasteiger partial charge is 0.231 e. The summed E-state index contributed by atoms with van der Waals surface area (Å²) in [5.41, 5.74) is 12.8. The molecule has 1 heterocycles. The Labute approximate surface area is 98.2 Å². The van der Waals surface area contributed by atoms with Crippen LogP contribution in [0, 0.1) is 0 Å². The minimum absolute atomic E-state index is 0.168. The van der Waals surface area contributed by atoms with Crippen molar-refractivity contribution in [2.24, 2.45) is 5.73 Å². The fraction of sp³-hybridized carbons (Fsp3) is 0.273. The summed E-state index contributed by atoms with van der Waals surface area (Å²) in [5, 5.41) is 0. The molecule has 1 amide bonds. The number of rotatable bonds is 4. The second kappa shape index (κ2) is 4.42. The standard InChI is InChI=1S/C11H14N4O2/c1-15(5-10(13)16)6-11-14-8-4-7(12)2-3-9(8)17-11/h2-4H,5-6,12H2,1H3,(H2,13,16). The van der Waals surface area contributed by atoms with Crippen LogP contribution >= 0.6 is 0 Å². The van der Waals surface area contributed by atoms with Crippen molar-refractivity contribution in [1.29, 1.82) is 0 Å². The van der Waals surface area contributed by atoms with E-state index in [9.17, 15) is 4.79 Å². The molecule has 2 rings (SSSR count). The van der Waals surface area contributed by atoms with Crippen LogP contribution in [0.3, 0.4) is 0 Å². The number of carbonyl (C=O) groups excluding carboxylic acids is 1. The van der Waals surface area contributed by atoms with Gasteiger partial charge in [-0.15, -0.1) is 0 Å². The van der Waals surface area contributed by atoms with Crippen LogP contribution in [0.2, 0.25) is 0 Å². The third-order valence-electron chi connectivity index (χ3n) is 2.29. The third kappa shape index (κ3) is 2.73. The molecule has 0 saturated carbocycles. The number of hydrogen-bond donors (Lipinski definition) is 2. The van der Waals surface area contributed by atoms with Gasteiger partial charge >= 0.3 is 0 Å². The zero-order chi connectivity index (χ0) is 12.4. The number of carbonyl (C=O) groups is 1. The average Bonchev–Trinajstić information content (AvgIpc) is 2.57. The molecule has 6 heteroatoms. The normalized spacial score (nSPS) is 11.2. The Kier molecular flexibility index (Phi) is 2.97. The highest BCUT2D eigenvalue weighted by atomic mass is 16.3. The fourth-order valence-electron chi connectivity index (χ4n) is 1.61. The lowest BCUT2D eigenvalue weighted by Gasteiger charge is -2.10. The van der Waals surface area contributed by atoms with Gasteiger partial charge in [-0.05, 0) is 25.2 Å². The first-order valence-corrected chi connectivity index (χ1v) is 5.16. The molecule has 6 nitrogen and oxygen atoms in total. The molecule has 0 aliphatic rings. The first kappa shape index (κ1) is 11.4. The Morgan fingerprint density at radius 2 is 2.29 bits per heavy atom. The van der Waals surface area contributed by atoms with Crippen LogP contribution in [-0.2, 0) is 11.3 Å². The van der Waals surface area contributed by atoms with Crippen molar-refractivity contribution in [3.63, 3.8) is 0 Å². The largest absolute Gasteiger partial charge is 0.439 e. The average molecular weight is 234 g/mol. The summed E-state index contributed by atoms with van der Waals surface area (Å²) < 4.78 is 5.51. The van der Waals surface area contributed by atoms with Crippen LogP contribution in [0.15, 0.2) is 22.6 Å². The van der Waals surface area contributed by atoms with Crippen LogP contribution in [0.5, 0.6) is 0 Å². The number of primary amides is 1. The van der Waals surface area contributed by atoms with Gasteiger partial charge in [-0.3, -0.25) is 9.69 Å². The van der Waals surface area contributed by atoms with E-state index in [0.717, 1.165) is 0 Å². The predicted octanol–water partition coefficient (Wildman–Crippen LogP) is 0.327. The van der Waals surface area contributed by atoms with E-state index in [1.807, 2.05) is 0 Å². The van der Waals surface area contributed by atoms with Gasteiger partial charge in [0.15, 0.2) is 5.58 Å². The molecule has 1 aromatic carbocycles. The highest BCUT2D eigenvalue weighted by Gasteiger charge is 2.10. The second-order valence-corrected chi connectivity index (χ2v) is 3.97. The van der Waals surface area contributed by atoms with E-state index in [1.165, 1.54) is 0 Å². The topological polar surface area (TPSA) is 98.4 Å². The Morgan fingerprint density at radius 3 is 3.00 bits per heavy atom. The van der Waals surface area contributed by atoms with E-state index < -0.39 is 0 Å². The summed E-state index contributed by atoms with van der Waals surface area (Å²) in [6.07, 6.45) is 0. The summed E-state index contributed by atoms with van der Waals surface area (Å²) >= 11 is 0. The number of amides is 1. The van der Waals surface area contributed by atoms with E-state index in [1.54, 1.807) is 30.1 Å². The van der Waals surface area contributed by atoms with E-state index in [-0.39, 0.29) is 12.5 Å². The molecule has 2 aromatic rings. The molecule has 0 saturated heterocycles. The lowest BCUT2D eigenvalue weighted by molar-refractivity contribution is -0.119. The Hall–Kier alpha value is -2.08. The number of hydrogen-bond acceptors (Lipinski definition) is 5. The molecule has 0 spiro atoms. The number of benzene rings is 1. The molecule has 0 aliphatic heterocycles. The highest BCUT2D eigenvalue weighted by molar-refractivity contribution is 5.77. The minimum Gasteiger partial charge on any atom is -0.439 e. The third-order valence-corrected chi connectivity index (χ3v) is 2.29. The number of fused-ring (bicyclic) bond motifs is 1. The van der Waals surface area contributed by atoms with Crippen LogP contribution in [0.25, 0.3) is 11.1 Å². The van der Waals surface area contributed by atoms with Gasteiger partial charge in [-0.1, -0.05) is 0 Å². The Balaban J connectivity index is 2.16. The summed E-state index contributed by atoms with van der Waals surface area (Å²) in [7, 11) is 1.77. The Morgan fingerprint density at radius 1 is 1.53 bits per heavy atom. The first-order valence-electron chi connectivity index (χ1n) is 5.16. The van der Waals surface area contributed by atoms with E-state index in [2.05, 4.69) is 4.98 Å². The van der Waals surface area contributed by atoms with E-state index in [4.69, 9.17) is 15.9 Å². The lowest BCUT2D eigenvalue weighted by Crippen LogP contribution is -2.30. The molecule has 0 atom stereocenters. The number of likely N-dealkylation sites (N-methyl/N-ethyl adjacent to an activating group) is 1. The number of nitrogen functional groups attached to an aromatic ring is 1. The molecule has 0 radical (unpaired) electrons. The van der Waals surface area contributed by atoms with Crippen LogP contribution in [0.1, 0.15) is 5.89 Å². The number of nitrogens with two attached hydrogens (primary N) is 2. The van der Waals surface area contributed by atoms with Gasteiger partial charge in [0.1, 0.15) is 5.52 Å². The summed E-state index contributed by atoms with van der Waals surface area (Å²) in [5.74, 6) is 0.155. The molecular formula is C11H14N4O2. The van der Waals surface area contributed by atoms with Crippen molar-refractivity contribution < 1.29 is 9.21 Å². The van der Waals surface area contributed by atoms with Gasteiger partial charge in [0, 0.05) is 5.69 Å².